The molecular formula is C37H41F3N8O3. The number of benzene rings is 2. The average molecular weight is 703 g/mol. The Balaban J connectivity index is 1.36. The summed E-state index contributed by atoms with van der Waals surface area (Å²) in [6, 6.07) is 5.67. The van der Waals surface area contributed by atoms with E-state index >= 15 is 8.78 Å². The molecule has 5 heterocycles. The Morgan fingerprint density at radius 2 is 2.02 bits per heavy atom. The van der Waals surface area contributed by atoms with Crippen LogP contribution >= 0.6 is 0 Å². The van der Waals surface area contributed by atoms with Crippen molar-refractivity contribution in [2.45, 2.75) is 50.7 Å². The molecule has 3 N–H and O–H groups in total. The van der Waals surface area contributed by atoms with Gasteiger partial charge in [-0.2, -0.15) is 9.97 Å². The minimum Gasteiger partial charge on any atom is -0.508 e. The fraction of sp³-hybridized carbons (Fsp3) is 0.432. The Hall–Kier alpha value is -4.98. The third kappa shape index (κ3) is 6.41. The van der Waals surface area contributed by atoms with Crippen molar-refractivity contribution in [3.05, 3.63) is 59.4 Å². The van der Waals surface area contributed by atoms with Crippen LogP contribution < -0.4 is 15.4 Å². The molecule has 2 aromatic carbocycles. The van der Waals surface area contributed by atoms with Crippen LogP contribution in [0.25, 0.3) is 32.9 Å². The van der Waals surface area contributed by atoms with Crippen LogP contribution in [-0.2, 0) is 11.2 Å². The molecule has 14 heteroatoms. The summed E-state index contributed by atoms with van der Waals surface area (Å²) in [5.74, 6) is -1.39. The van der Waals surface area contributed by atoms with E-state index in [4.69, 9.17) is 15.5 Å². The quantitative estimate of drug-likeness (QED) is 0.246. The number of alkyl halides is 1. The maximum Gasteiger partial charge on any atom is 0.319 e. The molecule has 3 aliphatic heterocycles. The lowest BCUT2D eigenvalue weighted by molar-refractivity contribution is -0.124. The minimum absolute atomic E-state index is 0.0267. The first-order valence-electron chi connectivity index (χ1n) is 17.3. The predicted octanol–water partition coefficient (Wildman–Crippen LogP) is 4.93. The third-order valence-electron chi connectivity index (χ3n) is 10.2. The predicted molar refractivity (Wildman–Crippen MR) is 190 cm³/mol. The molecule has 11 nitrogen and oxygen atoms in total. The molecule has 51 heavy (non-hydrogen) atoms. The van der Waals surface area contributed by atoms with Crippen LogP contribution in [0.5, 0.6) is 11.8 Å². The molecule has 268 valence electrons. The molecule has 2 atom stereocenters. The number of ether oxygens (including phenoxy) is 1. The van der Waals surface area contributed by atoms with Crippen LogP contribution in [0.15, 0.2) is 47.2 Å². The number of likely N-dealkylation sites (N-methyl/N-ethyl adjacent to an activating group) is 1. The lowest BCUT2D eigenvalue weighted by Gasteiger charge is -2.31. The first-order valence-corrected chi connectivity index (χ1v) is 17.3. The fourth-order valence-electron chi connectivity index (χ4n) is 7.78. The van der Waals surface area contributed by atoms with E-state index in [1.165, 1.54) is 35.4 Å². The Bertz CT molecular complexity index is 2090. The summed E-state index contributed by atoms with van der Waals surface area (Å²) in [5, 5.41) is 11.9. The zero-order valence-corrected chi connectivity index (χ0v) is 28.9. The highest BCUT2D eigenvalue weighted by atomic mass is 19.1. The van der Waals surface area contributed by atoms with E-state index in [-0.39, 0.29) is 53.3 Å². The molecule has 2 aromatic heterocycles. The molecule has 1 amide bonds. The molecule has 2 saturated heterocycles. The van der Waals surface area contributed by atoms with E-state index in [0.29, 0.717) is 72.1 Å². The molecule has 2 fully saturated rings. The number of aromatic nitrogens is 3. The Morgan fingerprint density at radius 1 is 1.20 bits per heavy atom. The fourth-order valence-corrected chi connectivity index (χ4v) is 7.78. The summed E-state index contributed by atoms with van der Waals surface area (Å²) in [5.41, 5.74) is 6.58. The summed E-state index contributed by atoms with van der Waals surface area (Å²) < 4.78 is 52.9. The second kappa shape index (κ2) is 13.6. The Morgan fingerprint density at radius 3 is 2.80 bits per heavy atom. The number of phenols is 1. The van der Waals surface area contributed by atoms with Crippen LogP contribution in [0.1, 0.15) is 38.2 Å². The second-order valence-electron chi connectivity index (χ2n) is 13.8. The Kier molecular flexibility index (Phi) is 9.21. The highest BCUT2D eigenvalue weighted by Crippen LogP contribution is 2.42. The standard InChI is InChI=1S/C37H41F3N8O3/c1-4-25-28(39)8-7-21-13-24(49)15-26(30(21)25)32-31(40)33-27(17-43-32)34(47-11-6-10-42-23(19-47)14-29(41)35(50)46(2)3)45-36(44-33)51-20-37-9-5-12-48(37)18-22(38)16-37/h7-8,13-15,17,22,49H,4-6,9-12,16,18-20,41H2,1-3H3/t22-,37+/m1/s1. The number of nitrogens with two attached hydrogens (primary N) is 1. The highest BCUT2D eigenvalue weighted by Gasteiger charge is 2.49. The van der Waals surface area contributed by atoms with Gasteiger partial charge in [0.25, 0.3) is 5.91 Å². The number of rotatable bonds is 8. The maximum atomic E-state index is 17.0. The van der Waals surface area contributed by atoms with Gasteiger partial charge in [0.1, 0.15) is 41.4 Å². The number of halogens is 3. The van der Waals surface area contributed by atoms with Crippen LogP contribution in [0, 0.1) is 11.6 Å². The Labute approximate surface area is 293 Å². The van der Waals surface area contributed by atoms with Crippen molar-refractivity contribution in [3.63, 3.8) is 0 Å². The van der Waals surface area contributed by atoms with Crippen LogP contribution in [0.2, 0.25) is 0 Å². The molecule has 0 spiro atoms. The number of phenolic OH excluding ortho intramolecular Hbond substituents is 1. The first-order chi connectivity index (χ1) is 24.5. The number of pyridine rings is 1. The van der Waals surface area contributed by atoms with Gasteiger partial charge in [-0.15, -0.1) is 0 Å². The number of amides is 1. The van der Waals surface area contributed by atoms with Gasteiger partial charge in [-0.25, -0.2) is 13.2 Å². The second-order valence-corrected chi connectivity index (χ2v) is 13.8. The molecule has 3 aliphatic rings. The number of nitrogens with zero attached hydrogens (tertiary/aromatic N) is 7. The van der Waals surface area contributed by atoms with Gasteiger partial charge in [0, 0.05) is 51.9 Å². The number of fused-ring (bicyclic) bond motifs is 3. The third-order valence-corrected chi connectivity index (χ3v) is 10.2. The number of aryl methyl sites for hydroxylation is 1. The summed E-state index contributed by atoms with van der Waals surface area (Å²) >= 11 is 0. The summed E-state index contributed by atoms with van der Waals surface area (Å²) in [6.07, 6.45) is 5.03. The van der Waals surface area contributed by atoms with Crippen LogP contribution in [0.4, 0.5) is 19.0 Å². The van der Waals surface area contributed by atoms with Crippen molar-refractivity contribution in [2.24, 2.45) is 10.7 Å². The van der Waals surface area contributed by atoms with Crippen molar-refractivity contribution < 1.29 is 27.8 Å². The molecule has 7 rings (SSSR count). The number of carbonyl (C=O) groups excluding carboxylic acids is 1. The lowest BCUT2D eigenvalue weighted by Crippen LogP contribution is -2.43. The van der Waals surface area contributed by atoms with Gasteiger partial charge in [-0.05, 0) is 72.8 Å². The van der Waals surface area contributed by atoms with Gasteiger partial charge >= 0.3 is 6.01 Å². The van der Waals surface area contributed by atoms with E-state index < -0.39 is 23.3 Å². The van der Waals surface area contributed by atoms with Crippen molar-refractivity contribution in [1.82, 2.24) is 24.8 Å². The summed E-state index contributed by atoms with van der Waals surface area (Å²) in [4.78, 5) is 36.4. The summed E-state index contributed by atoms with van der Waals surface area (Å²) in [7, 11) is 3.22. The van der Waals surface area contributed by atoms with E-state index in [9.17, 15) is 14.3 Å². The van der Waals surface area contributed by atoms with E-state index in [1.807, 2.05) is 4.90 Å². The number of carbonyl (C=O) groups is 1. The van der Waals surface area contributed by atoms with Gasteiger partial charge in [-0.3, -0.25) is 19.7 Å². The smallest absolute Gasteiger partial charge is 0.319 e. The molecule has 0 bridgehead atoms. The largest absolute Gasteiger partial charge is 0.508 e. The zero-order chi connectivity index (χ0) is 36.0. The number of anilines is 1. The van der Waals surface area contributed by atoms with Gasteiger partial charge in [-0.1, -0.05) is 13.0 Å². The summed E-state index contributed by atoms with van der Waals surface area (Å²) in [6.45, 7) is 4.21. The normalized spacial score (nSPS) is 21.2. The van der Waals surface area contributed by atoms with Crippen LogP contribution in [-0.4, -0.2) is 107 Å². The SMILES string of the molecule is CCc1c(F)ccc2cc(O)cc(-c3ncc4c(N5CCCN=C(C=C(N)C(=O)N(C)C)C5)nc(OC[C@@]56CCCN5C[C@H](F)C6)nc4c3F)c12. The van der Waals surface area contributed by atoms with Crippen molar-refractivity contribution >= 4 is 39.1 Å². The number of hydrogen-bond acceptors (Lipinski definition) is 10. The molecule has 0 aliphatic carbocycles. The zero-order valence-electron chi connectivity index (χ0n) is 28.9. The van der Waals surface area contributed by atoms with E-state index in [1.54, 1.807) is 27.1 Å². The molecular weight excluding hydrogens is 661 g/mol. The first kappa shape index (κ1) is 34.5. The van der Waals surface area contributed by atoms with Gasteiger partial charge in [0.2, 0.25) is 0 Å². The maximum absolute atomic E-state index is 17.0. The molecule has 0 unspecified atom stereocenters. The van der Waals surface area contributed by atoms with Crippen LogP contribution in [0.3, 0.4) is 0 Å². The van der Waals surface area contributed by atoms with Crippen molar-refractivity contribution in [2.75, 3.05) is 58.3 Å². The van der Waals surface area contributed by atoms with E-state index in [2.05, 4.69) is 19.9 Å². The molecule has 0 saturated carbocycles. The van der Waals surface area contributed by atoms with Gasteiger partial charge in [0.05, 0.1) is 28.9 Å². The molecule has 0 radical (unpaired) electrons. The lowest BCUT2D eigenvalue weighted by atomic mass is 9.94. The van der Waals surface area contributed by atoms with Crippen molar-refractivity contribution in [1.29, 1.82) is 0 Å². The van der Waals surface area contributed by atoms with Crippen molar-refractivity contribution in [3.8, 4) is 23.0 Å². The van der Waals surface area contributed by atoms with Gasteiger partial charge < -0.3 is 25.4 Å². The monoisotopic (exact) mass is 702 g/mol. The average Bonchev–Trinajstić information content (AvgIpc) is 3.52. The number of aliphatic imine (C=N–C) groups is 1. The number of hydrogen-bond donors (Lipinski definition) is 2. The molecule has 4 aromatic rings. The van der Waals surface area contributed by atoms with Gasteiger partial charge in [0.15, 0.2) is 5.82 Å². The highest BCUT2D eigenvalue weighted by molar-refractivity contribution is 6.06. The minimum atomic E-state index is -0.960. The number of aromatic hydroxyl groups is 1. The van der Waals surface area contributed by atoms with E-state index in [0.717, 1.165) is 19.4 Å². The topological polar surface area (TPSA) is 133 Å².